The molecule has 1 fully saturated rings. The predicted octanol–water partition coefficient (Wildman–Crippen LogP) is 4.84. The van der Waals surface area contributed by atoms with E-state index in [1.165, 1.54) is 6.07 Å². The molecule has 0 aromatic heterocycles. The fourth-order valence-corrected chi connectivity index (χ4v) is 6.44. The Kier molecular flexibility index (Phi) is 8.56. The van der Waals surface area contributed by atoms with Crippen LogP contribution in [0.15, 0.2) is 95.0 Å². The topological polar surface area (TPSA) is 105 Å². The summed E-state index contributed by atoms with van der Waals surface area (Å²) in [7, 11) is -4.13. The number of rotatable bonds is 11. The molecule has 0 saturated heterocycles. The molecule has 9 heteroatoms. The van der Waals surface area contributed by atoms with Crippen LogP contribution in [0, 0.1) is 5.92 Å². The maximum atomic E-state index is 13.3. The predicted molar refractivity (Wildman–Crippen MR) is 157 cm³/mol. The van der Waals surface area contributed by atoms with Crippen LogP contribution in [0.2, 0.25) is 0 Å². The minimum atomic E-state index is -4.13. The van der Waals surface area contributed by atoms with Crippen LogP contribution in [0.4, 0.5) is 0 Å². The summed E-state index contributed by atoms with van der Waals surface area (Å²) < 4.78 is 34.2. The van der Waals surface area contributed by atoms with E-state index >= 15 is 0 Å². The van der Waals surface area contributed by atoms with Crippen LogP contribution in [0.1, 0.15) is 49.0 Å². The zero-order valence-electron chi connectivity index (χ0n) is 23.3. The Balaban J connectivity index is 1.39. The second-order valence-corrected chi connectivity index (χ2v) is 12.0. The molecule has 1 atom stereocenters. The number of esters is 1. The van der Waals surface area contributed by atoms with Crippen LogP contribution in [0.5, 0.6) is 0 Å². The molecule has 1 saturated carbocycles. The van der Waals surface area contributed by atoms with Crippen molar-refractivity contribution in [3.8, 4) is 11.1 Å². The molecule has 2 N–H and O–H groups in total. The Bertz CT molecular complexity index is 1550. The summed E-state index contributed by atoms with van der Waals surface area (Å²) in [6.45, 7) is 5.05. The number of nitrogens with zero attached hydrogens (tertiary/aromatic N) is 1. The molecule has 0 spiro atoms. The first-order valence-corrected chi connectivity index (χ1v) is 15.6. The van der Waals surface area contributed by atoms with Crippen molar-refractivity contribution in [3.05, 3.63) is 101 Å². The van der Waals surface area contributed by atoms with Gasteiger partial charge in [-0.25, -0.2) is 22.9 Å². The SMILES string of the molecule is CCCN1NC(C2CC2)=C(C(=O)OCC)C1Cc1ccc(-c2ccccc2S(=O)(=O)NC(=O)c2ccccc2)cc1. The lowest BCUT2D eigenvalue weighted by molar-refractivity contribution is -0.139. The summed E-state index contributed by atoms with van der Waals surface area (Å²) >= 11 is 0. The Morgan fingerprint density at radius 2 is 1.63 bits per heavy atom. The summed E-state index contributed by atoms with van der Waals surface area (Å²) in [5.74, 6) is -0.575. The summed E-state index contributed by atoms with van der Waals surface area (Å²) in [6.07, 6.45) is 3.68. The first-order chi connectivity index (χ1) is 19.8. The van der Waals surface area contributed by atoms with Gasteiger partial charge in [0.2, 0.25) is 0 Å². The van der Waals surface area contributed by atoms with E-state index in [2.05, 4.69) is 22.1 Å². The zero-order valence-corrected chi connectivity index (χ0v) is 24.1. The molecule has 2 aliphatic rings. The molecule has 5 rings (SSSR count). The average Bonchev–Trinajstić information content (AvgIpc) is 3.77. The first-order valence-electron chi connectivity index (χ1n) is 14.1. The number of hydrogen-bond donors (Lipinski definition) is 2. The van der Waals surface area contributed by atoms with Gasteiger partial charge in [0, 0.05) is 29.3 Å². The number of hydrogen-bond acceptors (Lipinski definition) is 7. The van der Waals surface area contributed by atoms with Crippen molar-refractivity contribution < 1.29 is 22.7 Å². The lowest BCUT2D eigenvalue weighted by Gasteiger charge is -2.26. The first kappa shape index (κ1) is 28.6. The molecule has 3 aromatic rings. The zero-order chi connectivity index (χ0) is 29.0. The van der Waals surface area contributed by atoms with E-state index in [0.717, 1.165) is 42.6 Å². The Morgan fingerprint density at radius 1 is 0.951 bits per heavy atom. The van der Waals surface area contributed by atoms with Gasteiger partial charge in [-0.15, -0.1) is 0 Å². The minimum absolute atomic E-state index is 0.0211. The number of benzene rings is 3. The molecule has 1 aliphatic heterocycles. The molecule has 0 radical (unpaired) electrons. The number of amides is 1. The van der Waals surface area contributed by atoms with Crippen molar-refractivity contribution in [1.82, 2.24) is 15.2 Å². The minimum Gasteiger partial charge on any atom is -0.463 e. The summed E-state index contributed by atoms with van der Waals surface area (Å²) in [6, 6.07) is 22.4. The Hall–Kier alpha value is -3.95. The van der Waals surface area contributed by atoms with E-state index in [1.807, 2.05) is 31.2 Å². The van der Waals surface area contributed by atoms with Crippen LogP contribution < -0.4 is 10.1 Å². The van der Waals surface area contributed by atoms with Gasteiger partial charge in [-0.1, -0.05) is 67.6 Å². The van der Waals surface area contributed by atoms with E-state index in [-0.39, 0.29) is 22.5 Å². The molecule has 1 amide bonds. The summed E-state index contributed by atoms with van der Waals surface area (Å²) in [5.41, 5.74) is 7.70. The molecule has 1 aliphatic carbocycles. The van der Waals surface area contributed by atoms with Gasteiger partial charge < -0.3 is 10.2 Å². The number of nitrogens with one attached hydrogen (secondary N) is 2. The highest BCUT2D eigenvalue weighted by Crippen LogP contribution is 2.41. The van der Waals surface area contributed by atoms with Crippen LogP contribution in [-0.2, 0) is 26.0 Å². The molecule has 8 nitrogen and oxygen atoms in total. The standard InChI is InChI=1S/C32H35N3O5S/c1-3-20-35-27(29(32(37)40-4-2)30(33-35)24-18-19-24)21-22-14-16-23(17-15-22)26-12-8-9-13-28(26)41(38,39)34-31(36)25-10-6-5-7-11-25/h5-17,24,27,33H,3-4,18-21H2,1-2H3,(H,34,36). The third kappa shape index (κ3) is 6.36. The number of carbonyl (C=O) groups excluding carboxylic acids is 2. The van der Waals surface area contributed by atoms with Crippen LogP contribution in [0.25, 0.3) is 11.1 Å². The van der Waals surface area contributed by atoms with E-state index in [0.29, 0.717) is 30.1 Å². The monoisotopic (exact) mass is 573 g/mol. The second-order valence-electron chi connectivity index (χ2n) is 10.3. The van der Waals surface area contributed by atoms with Crippen molar-refractivity contribution in [2.24, 2.45) is 5.92 Å². The number of sulfonamides is 1. The summed E-state index contributed by atoms with van der Waals surface area (Å²) in [4.78, 5) is 25.7. The molecule has 1 heterocycles. The third-order valence-electron chi connectivity index (χ3n) is 7.34. The van der Waals surface area contributed by atoms with Crippen molar-refractivity contribution >= 4 is 21.9 Å². The molecule has 41 heavy (non-hydrogen) atoms. The van der Waals surface area contributed by atoms with Gasteiger partial charge in [-0.05, 0) is 61.9 Å². The van der Waals surface area contributed by atoms with E-state index < -0.39 is 15.9 Å². The largest absolute Gasteiger partial charge is 0.463 e. The Morgan fingerprint density at radius 3 is 2.29 bits per heavy atom. The maximum absolute atomic E-state index is 13.3. The maximum Gasteiger partial charge on any atom is 0.337 e. The van der Waals surface area contributed by atoms with Crippen LogP contribution in [-0.4, -0.2) is 44.5 Å². The van der Waals surface area contributed by atoms with Gasteiger partial charge in [-0.3, -0.25) is 4.79 Å². The molecule has 1 unspecified atom stereocenters. The number of hydrazine groups is 1. The number of allylic oxidation sites excluding steroid dienone is 1. The lowest BCUT2D eigenvalue weighted by Crippen LogP contribution is -2.42. The molecule has 3 aromatic carbocycles. The molecule has 214 valence electrons. The van der Waals surface area contributed by atoms with Crippen molar-refractivity contribution in [3.63, 3.8) is 0 Å². The second kappa shape index (κ2) is 12.3. The van der Waals surface area contributed by atoms with E-state index in [1.54, 1.807) is 48.5 Å². The van der Waals surface area contributed by atoms with Gasteiger partial charge in [0.1, 0.15) is 0 Å². The average molecular weight is 574 g/mol. The highest BCUT2D eigenvalue weighted by atomic mass is 32.2. The van der Waals surface area contributed by atoms with Crippen LogP contribution in [0.3, 0.4) is 0 Å². The Labute approximate surface area is 241 Å². The third-order valence-corrected chi connectivity index (χ3v) is 8.73. The van der Waals surface area contributed by atoms with Crippen molar-refractivity contribution in [2.45, 2.75) is 50.5 Å². The molecule has 0 bridgehead atoms. The number of carbonyl (C=O) groups is 2. The van der Waals surface area contributed by atoms with Gasteiger partial charge in [0.05, 0.1) is 23.1 Å². The van der Waals surface area contributed by atoms with E-state index in [4.69, 9.17) is 4.74 Å². The summed E-state index contributed by atoms with van der Waals surface area (Å²) in [5, 5.41) is 2.14. The normalized spacial score (nSPS) is 17.3. The lowest BCUT2D eigenvalue weighted by atomic mass is 9.95. The van der Waals surface area contributed by atoms with Crippen LogP contribution >= 0.6 is 0 Å². The fraction of sp³-hybridized carbons (Fsp3) is 0.312. The number of ether oxygens (including phenoxy) is 1. The van der Waals surface area contributed by atoms with Gasteiger partial charge >= 0.3 is 5.97 Å². The quantitative estimate of drug-likeness (QED) is 0.316. The smallest absolute Gasteiger partial charge is 0.337 e. The van der Waals surface area contributed by atoms with E-state index in [9.17, 15) is 18.0 Å². The van der Waals surface area contributed by atoms with Gasteiger partial charge in [0.25, 0.3) is 15.9 Å². The molecular weight excluding hydrogens is 538 g/mol. The fourth-order valence-electron chi connectivity index (χ4n) is 5.24. The van der Waals surface area contributed by atoms with Crippen molar-refractivity contribution in [1.29, 1.82) is 0 Å². The highest BCUT2D eigenvalue weighted by Gasteiger charge is 2.42. The van der Waals surface area contributed by atoms with Crippen molar-refractivity contribution in [2.75, 3.05) is 13.2 Å². The van der Waals surface area contributed by atoms with Gasteiger partial charge in [0.15, 0.2) is 0 Å². The highest BCUT2D eigenvalue weighted by molar-refractivity contribution is 7.90. The molecular formula is C32H35N3O5S. The van der Waals surface area contributed by atoms with Gasteiger partial charge in [-0.2, -0.15) is 0 Å².